The van der Waals surface area contributed by atoms with Gasteiger partial charge in [-0.1, -0.05) is 40.5 Å². The van der Waals surface area contributed by atoms with Crippen LogP contribution in [0.15, 0.2) is 0 Å². The average molecular weight is 498 g/mol. The number of rotatable bonds is 9. The van der Waals surface area contributed by atoms with E-state index in [4.69, 9.17) is 36.3 Å². The molecule has 0 aliphatic rings. The zero-order chi connectivity index (χ0) is 29.0. The molecule has 12 heteroatoms. The number of hydrogen-bond donors (Lipinski definition) is 6. The molecule has 0 aliphatic carbocycles. The van der Waals surface area contributed by atoms with Crippen molar-refractivity contribution in [3.05, 3.63) is 0 Å². The van der Waals surface area contributed by atoms with Crippen molar-refractivity contribution in [2.24, 2.45) is 34.6 Å². The van der Waals surface area contributed by atoms with Crippen LogP contribution in [-0.2, 0) is 28.7 Å². The minimum atomic E-state index is -0.491. The molecule has 1 atom stereocenters. The molecule has 12 N–H and O–H groups in total. The van der Waals surface area contributed by atoms with Crippen LogP contribution >= 0.6 is 0 Å². The quantitative estimate of drug-likeness (QED) is 0.0969. The van der Waals surface area contributed by atoms with Gasteiger partial charge >= 0.3 is 5.97 Å². The molecule has 2 amide bonds. The maximum atomic E-state index is 11.0. The second-order valence-electron chi connectivity index (χ2n) is 6.48. The number of hydrogen-bond acceptors (Lipinski definition) is 9. The minimum Gasteiger partial charge on any atom is -0.463 e. The Labute approximate surface area is 206 Å². The van der Waals surface area contributed by atoms with E-state index in [9.17, 15) is 9.59 Å². The summed E-state index contributed by atoms with van der Waals surface area (Å²) in [5.74, 6) is -0.380. The summed E-state index contributed by atoms with van der Waals surface area (Å²) in [6, 6.07) is -0.491. The molecule has 0 aromatic heterocycles. The zero-order valence-electron chi connectivity index (χ0n) is 22.3. The molecule has 0 spiro atoms. The number of unbranched alkanes of at least 4 members (excludes halogenated alkanes) is 2. The average Bonchev–Trinajstić information content (AvgIpc) is 2.80. The van der Waals surface area contributed by atoms with Crippen LogP contribution in [0.25, 0.3) is 0 Å². The molecule has 0 bridgehead atoms. The first kappa shape index (κ1) is 48.7. The maximum Gasteiger partial charge on any atom is 0.306 e. The Morgan fingerprint density at radius 3 is 1.53 bits per heavy atom. The minimum absolute atomic E-state index is 0.00649. The molecule has 0 aliphatic heterocycles. The molecule has 206 valence electrons. The van der Waals surface area contributed by atoms with E-state index >= 15 is 0 Å². The molecular formula is C22H53N6O6+. The Balaban J connectivity index is -0.0000000573. The number of aldehydes is 1. The van der Waals surface area contributed by atoms with Crippen molar-refractivity contribution < 1.29 is 34.1 Å². The van der Waals surface area contributed by atoms with Crippen molar-refractivity contribution in [2.75, 3.05) is 13.6 Å². The Kier molecular flexibility index (Phi) is 74.9. The number of primary amides is 2. The first-order valence-electron chi connectivity index (χ1n) is 10.9. The lowest BCUT2D eigenvalue weighted by Gasteiger charge is -2.09. The number of nitrogens with two attached hydrogens (primary N) is 6. The van der Waals surface area contributed by atoms with Crippen LogP contribution in [0.4, 0.5) is 0 Å². The third-order valence-corrected chi connectivity index (χ3v) is 2.58. The summed E-state index contributed by atoms with van der Waals surface area (Å²) in [5, 5.41) is 4.53. The van der Waals surface area contributed by atoms with Gasteiger partial charge in [0.15, 0.2) is 6.21 Å². The standard InChI is InChI=1S/C9H19NO2.C5H12N2O.C3H8.C2H3NO.CH3NO.CH5N.CH2O/c1-8(2)12-9(11)6-4-3-5-7-10;1-3(2)4(6)5(7)8;1-3-2;3-1-2-4;2-1-3;2*1-2/h8H,3-7,10H2,1-2H3;3-4H,6H2,1-2H3,(H2,7,8);3H2,1-2H3;1-3H;1H,(H2,2,3);2H2,1H3;1H2/p+1. The van der Waals surface area contributed by atoms with Crippen LogP contribution in [-0.4, -0.2) is 63.3 Å². The van der Waals surface area contributed by atoms with Crippen molar-refractivity contribution >= 4 is 37.6 Å². The van der Waals surface area contributed by atoms with E-state index < -0.39 is 11.9 Å². The fourth-order valence-corrected chi connectivity index (χ4v) is 1.24. The number of esters is 1. The van der Waals surface area contributed by atoms with Crippen LogP contribution < -0.4 is 34.1 Å². The highest BCUT2D eigenvalue weighted by Crippen LogP contribution is 2.01. The molecule has 0 heterocycles. The van der Waals surface area contributed by atoms with E-state index in [1.54, 1.807) is 0 Å². The Hall–Kier alpha value is -2.70. The first-order valence-corrected chi connectivity index (χ1v) is 10.9. The van der Waals surface area contributed by atoms with Gasteiger partial charge in [-0.15, -0.1) is 0 Å². The summed E-state index contributed by atoms with van der Waals surface area (Å²) in [5.41, 5.74) is 24.1. The van der Waals surface area contributed by atoms with E-state index in [1.165, 1.54) is 13.5 Å². The van der Waals surface area contributed by atoms with Crippen LogP contribution in [0.1, 0.15) is 73.6 Å². The molecule has 12 nitrogen and oxygen atoms in total. The van der Waals surface area contributed by atoms with E-state index in [0.29, 0.717) is 19.3 Å². The van der Waals surface area contributed by atoms with Gasteiger partial charge in [-0.3, -0.25) is 24.6 Å². The lowest BCUT2D eigenvalue weighted by atomic mass is 10.1. The molecule has 0 saturated carbocycles. The number of carbonyl (C=O) groups is 5. The summed E-state index contributed by atoms with van der Waals surface area (Å²) in [6.45, 7) is 14.4. The highest BCUT2D eigenvalue weighted by molar-refractivity contribution is 6.09. The number of ether oxygens (including phenoxy) is 1. The summed E-state index contributed by atoms with van der Waals surface area (Å²) < 4.78 is 4.96. The Morgan fingerprint density at radius 2 is 1.35 bits per heavy atom. The summed E-state index contributed by atoms with van der Waals surface area (Å²) in [6.07, 6.45) is 6.41. The normalized spacial score (nSPS) is 8.71. The molecule has 0 saturated heterocycles. The van der Waals surface area contributed by atoms with Gasteiger partial charge in [-0.05, 0) is 46.2 Å². The molecule has 0 aromatic rings. The van der Waals surface area contributed by atoms with Gasteiger partial charge < -0.3 is 38.2 Å². The summed E-state index contributed by atoms with van der Waals surface area (Å²) in [7, 11) is 1.50. The second-order valence-corrected chi connectivity index (χ2v) is 6.48. The Morgan fingerprint density at radius 1 is 1.00 bits per heavy atom. The predicted molar refractivity (Wildman–Crippen MR) is 138 cm³/mol. The fraction of sp³-hybridized carbons (Fsp3) is 0.727. The van der Waals surface area contributed by atoms with Gasteiger partial charge in [-0.25, -0.2) is 0 Å². The smallest absolute Gasteiger partial charge is 0.306 e. The van der Waals surface area contributed by atoms with Crippen molar-refractivity contribution in [3.8, 4) is 0 Å². The lowest BCUT2D eigenvalue weighted by molar-refractivity contribution is -0.147. The van der Waals surface area contributed by atoms with Gasteiger partial charge in [0, 0.05) is 6.42 Å². The molecule has 1 unspecified atom stereocenters. The van der Waals surface area contributed by atoms with Crippen LogP contribution in [0.3, 0.4) is 0 Å². The third-order valence-electron chi connectivity index (χ3n) is 2.58. The second kappa shape index (κ2) is 52.3. The number of amides is 2. The van der Waals surface area contributed by atoms with Crippen molar-refractivity contribution in [1.82, 2.24) is 0 Å². The van der Waals surface area contributed by atoms with Gasteiger partial charge in [0.2, 0.25) is 18.6 Å². The predicted octanol–water partition coefficient (Wildman–Crippen LogP) is -1.16. The van der Waals surface area contributed by atoms with Crippen molar-refractivity contribution in [1.29, 1.82) is 0 Å². The van der Waals surface area contributed by atoms with Crippen LogP contribution in [0, 0.1) is 5.92 Å². The number of carbonyl (C=O) groups excluding carboxylic acids is 5. The van der Waals surface area contributed by atoms with Crippen LogP contribution in [0.5, 0.6) is 0 Å². The fourth-order valence-electron chi connectivity index (χ4n) is 1.24. The van der Waals surface area contributed by atoms with Crippen molar-refractivity contribution in [2.45, 2.75) is 85.8 Å². The molecular weight excluding hydrogens is 444 g/mol. The van der Waals surface area contributed by atoms with Gasteiger partial charge in [0.25, 0.3) is 0 Å². The van der Waals surface area contributed by atoms with E-state index in [2.05, 4.69) is 30.7 Å². The van der Waals surface area contributed by atoms with Gasteiger partial charge in [0.05, 0.1) is 12.1 Å². The Bertz CT molecular complexity index is 419. The maximum absolute atomic E-state index is 11.0. The summed E-state index contributed by atoms with van der Waals surface area (Å²) >= 11 is 0. The van der Waals surface area contributed by atoms with Gasteiger partial charge in [-0.2, -0.15) is 0 Å². The highest BCUT2D eigenvalue weighted by atomic mass is 16.5. The first-order chi connectivity index (χ1) is 16.0. The van der Waals surface area contributed by atoms with E-state index in [-0.39, 0.29) is 24.4 Å². The van der Waals surface area contributed by atoms with Crippen LogP contribution in [0.2, 0.25) is 0 Å². The van der Waals surface area contributed by atoms with E-state index in [0.717, 1.165) is 25.5 Å². The van der Waals surface area contributed by atoms with E-state index in [1.807, 2.05) is 34.5 Å². The molecule has 0 rings (SSSR count). The molecule has 0 radical (unpaired) electrons. The summed E-state index contributed by atoms with van der Waals surface area (Å²) in [4.78, 5) is 46.8. The molecule has 34 heavy (non-hydrogen) atoms. The van der Waals surface area contributed by atoms with Gasteiger partial charge in [0.1, 0.15) is 6.79 Å². The molecule has 0 aromatic carbocycles. The largest absolute Gasteiger partial charge is 0.463 e. The zero-order valence-corrected chi connectivity index (χ0v) is 22.3. The highest BCUT2D eigenvalue weighted by Gasteiger charge is 2.12. The van der Waals surface area contributed by atoms with Crippen molar-refractivity contribution in [3.63, 3.8) is 0 Å². The topological polar surface area (TPSA) is 250 Å². The third kappa shape index (κ3) is 88.3. The monoisotopic (exact) mass is 497 g/mol. The lowest BCUT2D eigenvalue weighted by Crippen LogP contribution is -2.40. The molecule has 0 fully saturated rings. The SMILES string of the molecule is C=O.CC(C)C(N)C(N)=O.CC(C)OC(=O)CCCCCN.CCC.CN.NC=O.[NH2+]=CC=O.